The van der Waals surface area contributed by atoms with E-state index in [0.29, 0.717) is 5.78 Å². The number of hydrogen-bond acceptors (Lipinski definition) is 1. The van der Waals surface area contributed by atoms with Crippen molar-refractivity contribution in [2.24, 2.45) is 11.8 Å². The van der Waals surface area contributed by atoms with Crippen molar-refractivity contribution in [2.45, 2.75) is 33.6 Å². The molecular weight excluding hydrogens is 208 g/mol. The largest absolute Gasteiger partial charge is 0.299 e. The summed E-state index contributed by atoms with van der Waals surface area (Å²) in [6.07, 6.45) is 5.98. The van der Waals surface area contributed by atoms with Crippen LogP contribution in [0.3, 0.4) is 0 Å². The highest BCUT2D eigenvalue weighted by atomic mass is 16.1. The topological polar surface area (TPSA) is 17.1 Å². The van der Waals surface area contributed by atoms with Crippen molar-refractivity contribution in [3.05, 3.63) is 48.0 Å². The molecule has 0 radical (unpaired) electrons. The summed E-state index contributed by atoms with van der Waals surface area (Å²) >= 11 is 0. The summed E-state index contributed by atoms with van der Waals surface area (Å²) in [5.41, 5.74) is 1.29. The summed E-state index contributed by atoms with van der Waals surface area (Å²) in [7, 11) is 0. The van der Waals surface area contributed by atoms with E-state index in [-0.39, 0.29) is 11.8 Å². The highest BCUT2D eigenvalue weighted by Gasteiger charge is 2.15. The van der Waals surface area contributed by atoms with E-state index in [9.17, 15) is 4.79 Å². The molecule has 1 aromatic rings. The van der Waals surface area contributed by atoms with Gasteiger partial charge in [-0.25, -0.2) is 0 Å². The lowest BCUT2D eigenvalue weighted by Gasteiger charge is -2.11. The highest BCUT2D eigenvalue weighted by molar-refractivity contribution is 5.84. The number of hydrogen-bond donors (Lipinski definition) is 0. The Kier molecular flexibility index (Phi) is 5.68. The van der Waals surface area contributed by atoms with Gasteiger partial charge in [0.15, 0.2) is 0 Å². The van der Waals surface area contributed by atoms with Crippen molar-refractivity contribution in [1.29, 1.82) is 0 Å². The number of Topliss-reactive ketones (excluding diaryl/α,β-unsaturated/α-hetero) is 1. The van der Waals surface area contributed by atoms with Crippen LogP contribution in [0, 0.1) is 11.8 Å². The van der Waals surface area contributed by atoms with E-state index in [4.69, 9.17) is 0 Å². The minimum atomic E-state index is 0.0821. The molecule has 0 aliphatic rings. The van der Waals surface area contributed by atoms with Crippen molar-refractivity contribution in [3.63, 3.8) is 0 Å². The van der Waals surface area contributed by atoms with Gasteiger partial charge in [0.25, 0.3) is 0 Å². The number of benzene rings is 1. The van der Waals surface area contributed by atoms with Gasteiger partial charge in [-0.1, -0.05) is 63.3 Å². The molecule has 0 heterocycles. The molecule has 92 valence electrons. The van der Waals surface area contributed by atoms with Gasteiger partial charge in [-0.05, 0) is 18.4 Å². The molecule has 0 amide bonds. The van der Waals surface area contributed by atoms with Gasteiger partial charge in [-0.2, -0.15) is 0 Å². The first kappa shape index (κ1) is 13.7. The zero-order chi connectivity index (χ0) is 12.7. The fourth-order valence-electron chi connectivity index (χ4n) is 1.84. The highest BCUT2D eigenvalue weighted by Crippen LogP contribution is 2.13. The van der Waals surface area contributed by atoms with Crippen molar-refractivity contribution < 1.29 is 4.79 Å². The van der Waals surface area contributed by atoms with Gasteiger partial charge in [-0.3, -0.25) is 4.79 Å². The SMILES string of the molecule is CC[C@@H](/C=C/Cc1ccccc1)C(=O)C(C)C. The second kappa shape index (κ2) is 7.05. The standard InChI is InChI=1S/C16H22O/c1-4-15(16(17)13(2)3)12-8-11-14-9-6-5-7-10-14/h5-10,12-13,15H,4,11H2,1-3H3/b12-8+/t15-/m0/s1. The maximum absolute atomic E-state index is 11.9. The molecule has 0 fully saturated rings. The maximum Gasteiger partial charge on any atom is 0.142 e. The van der Waals surface area contributed by atoms with Gasteiger partial charge >= 0.3 is 0 Å². The van der Waals surface area contributed by atoms with E-state index in [1.807, 2.05) is 32.0 Å². The first-order chi connectivity index (χ1) is 8.15. The average Bonchev–Trinajstić information content (AvgIpc) is 2.35. The summed E-state index contributed by atoms with van der Waals surface area (Å²) in [5, 5.41) is 0. The number of carbonyl (C=O) groups excluding carboxylic acids is 1. The molecule has 0 N–H and O–H groups in total. The van der Waals surface area contributed by atoms with Gasteiger partial charge < -0.3 is 0 Å². The molecule has 0 aliphatic heterocycles. The van der Waals surface area contributed by atoms with Crippen LogP contribution >= 0.6 is 0 Å². The van der Waals surface area contributed by atoms with Crippen LogP contribution in [0.15, 0.2) is 42.5 Å². The van der Waals surface area contributed by atoms with Crippen LogP contribution in [0.4, 0.5) is 0 Å². The Balaban J connectivity index is 2.54. The first-order valence-electron chi connectivity index (χ1n) is 6.39. The van der Waals surface area contributed by atoms with Gasteiger partial charge in [0.1, 0.15) is 5.78 Å². The van der Waals surface area contributed by atoms with Crippen molar-refractivity contribution in [1.82, 2.24) is 0 Å². The Morgan fingerprint density at radius 3 is 2.41 bits per heavy atom. The van der Waals surface area contributed by atoms with E-state index in [1.54, 1.807) is 0 Å². The summed E-state index contributed by atoms with van der Waals surface area (Å²) in [4.78, 5) is 11.9. The first-order valence-corrected chi connectivity index (χ1v) is 6.39. The van der Waals surface area contributed by atoms with Crippen LogP contribution in [0.25, 0.3) is 0 Å². The van der Waals surface area contributed by atoms with Crippen molar-refractivity contribution >= 4 is 5.78 Å². The third-order valence-corrected chi connectivity index (χ3v) is 2.94. The Morgan fingerprint density at radius 1 is 1.24 bits per heavy atom. The van der Waals surface area contributed by atoms with E-state index in [2.05, 4.69) is 31.2 Å². The van der Waals surface area contributed by atoms with E-state index in [1.165, 1.54) is 5.56 Å². The average molecular weight is 230 g/mol. The number of allylic oxidation sites excluding steroid dienone is 2. The summed E-state index contributed by atoms with van der Waals surface area (Å²) in [6, 6.07) is 10.3. The zero-order valence-corrected chi connectivity index (χ0v) is 11.0. The zero-order valence-electron chi connectivity index (χ0n) is 11.0. The van der Waals surface area contributed by atoms with Crippen LogP contribution < -0.4 is 0 Å². The predicted octanol–water partition coefficient (Wildman–Crippen LogP) is 4.04. The van der Waals surface area contributed by atoms with Crippen molar-refractivity contribution in [3.8, 4) is 0 Å². The summed E-state index contributed by atoms with van der Waals surface area (Å²) in [5.74, 6) is 0.553. The molecule has 1 heteroatoms. The lowest BCUT2D eigenvalue weighted by molar-refractivity contribution is -0.124. The number of carbonyl (C=O) groups is 1. The number of rotatable bonds is 6. The van der Waals surface area contributed by atoms with E-state index in [0.717, 1.165) is 12.8 Å². The van der Waals surface area contributed by atoms with Crippen LogP contribution in [0.2, 0.25) is 0 Å². The van der Waals surface area contributed by atoms with Gasteiger partial charge in [-0.15, -0.1) is 0 Å². The summed E-state index contributed by atoms with van der Waals surface area (Å²) < 4.78 is 0. The Labute approximate surface area is 105 Å². The molecule has 0 saturated carbocycles. The molecular formula is C16H22O. The minimum absolute atomic E-state index is 0.0821. The van der Waals surface area contributed by atoms with Crippen LogP contribution in [-0.2, 0) is 11.2 Å². The smallest absolute Gasteiger partial charge is 0.142 e. The predicted molar refractivity (Wildman–Crippen MR) is 72.9 cm³/mol. The fraction of sp³-hybridized carbons (Fsp3) is 0.438. The molecule has 17 heavy (non-hydrogen) atoms. The second-order valence-electron chi connectivity index (χ2n) is 4.69. The second-order valence-corrected chi connectivity index (χ2v) is 4.69. The number of ketones is 1. The quantitative estimate of drug-likeness (QED) is 0.674. The van der Waals surface area contributed by atoms with Gasteiger partial charge in [0.2, 0.25) is 0 Å². The molecule has 1 aromatic carbocycles. The minimum Gasteiger partial charge on any atom is -0.299 e. The van der Waals surface area contributed by atoms with Crippen LogP contribution in [-0.4, -0.2) is 5.78 Å². The van der Waals surface area contributed by atoms with E-state index >= 15 is 0 Å². The normalized spacial score (nSPS) is 13.2. The molecule has 0 unspecified atom stereocenters. The maximum atomic E-state index is 11.9. The molecule has 0 aliphatic carbocycles. The lowest BCUT2D eigenvalue weighted by atomic mass is 9.92. The van der Waals surface area contributed by atoms with Crippen molar-refractivity contribution in [2.75, 3.05) is 0 Å². The van der Waals surface area contributed by atoms with Crippen LogP contribution in [0.1, 0.15) is 32.8 Å². The molecule has 1 atom stereocenters. The summed E-state index contributed by atoms with van der Waals surface area (Å²) in [6.45, 7) is 6.00. The molecule has 0 spiro atoms. The van der Waals surface area contributed by atoms with Crippen LogP contribution in [0.5, 0.6) is 0 Å². The third kappa shape index (κ3) is 4.56. The lowest BCUT2D eigenvalue weighted by Crippen LogP contribution is -2.17. The molecule has 0 bridgehead atoms. The Bertz CT molecular complexity index is 362. The Hall–Kier alpha value is -1.37. The van der Waals surface area contributed by atoms with E-state index < -0.39 is 0 Å². The molecule has 1 rings (SSSR count). The monoisotopic (exact) mass is 230 g/mol. The fourth-order valence-corrected chi connectivity index (χ4v) is 1.84. The third-order valence-electron chi connectivity index (χ3n) is 2.94. The molecule has 1 nitrogen and oxygen atoms in total. The van der Waals surface area contributed by atoms with Gasteiger partial charge in [0, 0.05) is 11.8 Å². The molecule has 0 aromatic heterocycles. The molecule has 0 saturated heterocycles. The Morgan fingerprint density at radius 2 is 1.88 bits per heavy atom. The van der Waals surface area contributed by atoms with Gasteiger partial charge in [0.05, 0.1) is 0 Å².